The fraction of sp³-hybridized carbons (Fsp3) is 0.667. The Balaban J connectivity index is 1.99. The van der Waals surface area contributed by atoms with E-state index in [0.717, 1.165) is 32.7 Å². The van der Waals surface area contributed by atoms with E-state index in [1.807, 2.05) is 6.92 Å². The van der Waals surface area contributed by atoms with Gasteiger partial charge in [-0.2, -0.15) is 0 Å². The lowest BCUT2D eigenvalue weighted by molar-refractivity contribution is 0.0935. The average molecular weight is 307 g/mol. The van der Waals surface area contributed by atoms with Crippen molar-refractivity contribution in [1.29, 1.82) is 0 Å². The molecule has 0 saturated carbocycles. The number of aryl methyl sites for hydroxylation is 1. The zero-order valence-corrected chi connectivity index (χ0v) is 13.6. The zero-order valence-electron chi connectivity index (χ0n) is 13.6. The predicted molar refractivity (Wildman–Crippen MR) is 85.3 cm³/mol. The first-order valence-corrected chi connectivity index (χ1v) is 7.73. The topological polar surface area (TPSA) is 70.6 Å². The first-order chi connectivity index (χ1) is 10.7. The van der Waals surface area contributed by atoms with Crippen molar-refractivity contribution in [2.45, 2.75) is 13.8 Å². The summed E-state index contributed by atoms with van der Waals surface area (Å²) in [7, 11) is 1.60. The van der Waals surface area contributed by atoms with Gasteiger partial charge in [-0.15, -0.1) is 0 Å². The van der Waals surface area contributed by atoms with Gasteiger partial charge in [0.1, 0.15) is 0 Å². The van der Waals surface area contributed by atoms with Crippen molar-refractivity contribution in [3.8, 4) is 0 Å². The zero-order chi connectivity index (χ0) is 15.9. The molecule has 122 valence electrons. The van der Waals surface area contributed by atoms with Crippen LogP contribution in [0.2, 0.25) is 0 Å². The SMILES string of the molecule is CCN1CCN(c2ncc(C(=O)NCCOC)c(C)n2)CC1. The molecule has 0 aliphatic carbocycles. The van der Waals surface area contributed by atoms with E-state index in [4.69, 9.17) is 4.74 Å². The Morgan fingerprint density at radius 3 is 2.68 bits per heavy atom. The van der Waals surface area contributed by atoms with Crippen LogP contribution in [-0.4, -0.2) is 73.8 Å². The summed E-state index contributed by atoms with van der Waals surface area (Å²) in [6, 6.07) is 0. The summed E-state index contributed by atoms with van der Waals surface area (Å²) in [5.41, 5.74) is 1.23. The van der Waals surface area contributed by atoms with E-state index in [9.17, 15) is 4.79 Å². The van der Waals surface area contributed by atoms with Crippen molar-refractivity contribution in [3.05, 3.63) is 17.5 Å². The molecular weight excluding hydrogens is 282 g/mol. The molecule has 0 spiro atoms. The van der Waals surface area contributed by atoms with E-state index >= 15 is 0 Å². The van der Waals surface area contributed by atoms with Gasteiger partial charge in [-0.05, 0) is 13.5 Å². The van der Waals surface area contributed by atoms with Crippen molar-refractivity contribution < 1.29 is 9.53 Å². The van der Waals surface area contributed by atoms with Gasteiger partial charge in [0.15, 0.2) is 0 Å². The van der Waals surface area contributed by atoms with Gasteiger partial charge in [0.2, 0.25) is 5.95 Å². The van der Waals surface area contributed by atoms with Crippen LogP contribution in [0.5, 0.6) is 0 Å². The van der Waals surface area contributed by atoms with E-state index in [1.54, 1.807) is 13.3 Å². The first kappa shape index (κ1) is 16.6. The molecule has 7 heteroatoms. The van der Waals surface area contributed by atoms with Crippen LogP contribution in [0.15, 0.2) is 6.20 Å². The number of methoxy groups -OCH3 is 1. The number of nitrogens with one attached hydrogen (secondary N) is 1. The maximum atomic E-state index is 12.0. The molecule has 2 rings (SSSR count). The predicted octanol–water partition coefficient (Wildman–Crippen LogP) is 0.303. The molecule has 0 bridgehead atoms. The number of hydrogen-bond donors (Lipinski definition) is 1. The quantitative estimate of drug-likeness (QED) is 0.763. The number of carbonyl (C=O) groups is 1. The standard InChI is InChI=1S/C15H25N5O2/c1-4-19-6-8-20(9-7-19)15-17-11-13(12(2)18-15)14(21)16-5-10-22-3/h11H,4-10H2,1-3H3,(H,16,21). The van der Waals surface area contributed by atoms with Gasteiger partial charge < -0.3 is 19.9 Å². The largest absolute Gasteiger partial charge is 0.383 e. The van der Waals surface area contributed by atoms with Crippen molar-refractivity contribution in [2.75, 3.05) is 57.9 Å². The van der Waals surface area contributed by atoms with Crippen LogP contribution in [0, 0.1) is 6.92 Å². The Hall–Kier alpha value is -1.73. The van der Waals surface area contributed by atoms with Crippen LogP contribution < -0.4 is 10.2 Å². The minimum atomic E-state index is -0.156. The van der Waals surface area contributed by atoms with Crippen LogP contribution >= 0.6 is 0 Å². The second kappa shape index (κ2) is 8.05. The van der Waals surface area contributed by atoms with E-state index < -0.39 is 0 Å². The molecule has 1 amide bonds. The number of anilines is 1. The maximum Gasteiger partial charge on any atom is 0.254 e. The molecular formula is C15H25N5O2. The Morgan fingerprint density at radius 1 is 1.36 bits per heavy atom. The van der Waals surface area contributed by atoms with Gasteiger partial charge in [0, 0.05) is 46.0 Å². The van der Waals surface area contributed by atoms with Crippen LogP contribution in [0.1, 0.15) is 23.0 Å². The number of aromatic nitrogens is 2. The minimum Gasteiger partial charge on any atom is -0.383 e. The number of nitrogens with zero attached hydrogens (tertiary/aromatic N) is 4. The maximum absolute atomic E-state index is 12.0. The summed E-state index contributed by atoms with van der Waals surface area (Å²) >= 11 is 0. The summed E-state index contributed by atoms with van der Waals surface area (Å²) in [5, 5.41) is 2.79. The molecule has 1 fully saturated rings. The summed E-state index contributed by atoms with van der Waals surface area (Å²) in [6.07, 6.45) is 1.62. The van der Waals surface area contributed by atoms with E-state index in [2.05, 4.69) is 32.0 Å². The number of likely N-dealkylation sites (N-methyl/N-ethyl adjacent to an activating group) is 1. The van der Waals surface area contributed by atoms with Gasteiger partial charge in [-0.25, -0.2) is 9.97 Å². The molecule has 0 unspecified atom stereocenters. The number of piperazine rings is 1. The Bertz CT molecular complexity index is 501. The van der Waals surface area contributed by atoms with Crippen LogP contribution in [0.25, 0.3) is 0 Å². The van der Waals surface area contributed by atoms with Crippen molar-refractivity contribution in [2.24, 2.45) is 0 Å². The smallest absolute Gasteiger partial charge is 0.254 e. The van der Waals surface area contributed by atoms with Crippen molar-refractivity contribution >= 4 is 11.9 Å². The molecule has 2 heterocycles. The van der Waals surface area contributed by atoms with Gasteiger partial charge in [-0.1, -0.05) is 6.92 Å². The van der Waals surface area contributed by atoms with Gasteiger partial charge in [-0.3, -0.25) is 4.79 Å². The van der Waals surface area contributed by atoms with Gasteiger partial charge >= 0.3 is 0 Å². The third-order valence-corrected chi connectivity index (χ3v) is 3.91. The van der Waals surface area contributed by atoms with Crippen molar-refractivity contribution in [3.63, 3.8) is 0 Å². The third-order valence-electron chi connectivity index (χ3n) is 3.91. The van der Waals surface area contributed by atoms with E-state index in [1.165, 1.54) is 0 Å². The lowest BCUT2D eigenvalue weighted by Crippen LogP contribution is -2.46. The highest BCUT2D eigenvalue weighted by molar-refractivity contribution is 5.94. The second-order valence-corrected chi connectivity index (χ2v) is 5.34. The second-order valence-electron chi connectivity index (χ2n) is 5.34. The molecule has 7 nitrogen and oxygen atoms in total. The van der Waals surface area contributed by atoms with Crippen LogP contribution in [0.4, 0.5) is 5.95 Å². The Morgan fingerprint density at radius 2 is 2.09 bits per heavy atom. The fourth-order valence-electron chi connectivity index (χ4n) is 2.46. The summed E-state index contributed by atoms with van der Waals surface area (Å²) < 4.78 is 4.92. The number of hydrogen-bond acceptors (Lipinski definition) is 6. The normalized spacial score (nSPS) is 15.9. The first-order valence-electron chi connectivity index (χ1n) is 7.73. The van der Waals surface area contributed by atoms with Crippen LogP contribution in [-0.2, 0) is 4.74 Å². The molecule has 0 aromatic carbocycles. The van der Waals surface area contributed by atoms with Gasteiger partial charge in [0.05, 0.1) is 17.9 Å². The fourth-order valence-corrected chi connectivity index (χ4v) is 2.46. The lowest BCUT2D eigenvalue weighted by Gasteiger charge is -2.34. The monoisotopic (exact) mass is 307 g/mol. The number of amides is 1. The number of rotatable bonds is 6. The molecule has 1 N–H and O–H groups in total. The molecule has 1 aliphatic heterocycles. The Kier molecular flexibility index (Phi) is 6.09. The molecule has 1 saturated heterocycles. The van der Waals surface area contributed by atoms with Crippen molar-refractivity contribution in [1.82, 2.24) is 20.2 Å². The molecule has 1 aromatic rings. The highest BCUT2D eigenvalue weighted by Gasteiger charge is 2.19. The van der Waals surface area contributed by atoms with Crippen LogP contribution in [0.3, 0.4) is 0 Å². The summed E-state index contributed by atoms with van der Waals surface area (Å²) in [6.45, 7) is 9.97. The highest BCUT2D eigenvalue weighted by Crippen LogP contribution is 2.13. The molecule has 0 radical (unpaired) electrons. The molecule has 22 heavy (non-hydrogen) atoms. The third kappa shape index (κ3) is 4.14. The molecule has 1 aromatic heterocycles. The molecule has 0 atom stereocenters. The highest BCUT2D eigenvalue weighted by atomic mass is 16.5. The lowest BCUT2D eigenvalue weighted by atomic mass is 10.2. The van der Waals surface area contributed by atoms with Gasteiger partial charge in [0.25, 0.3) is 5.91 Å². The number of carbonyl (C=O) groups excluding carboxylic acids is 1. The summed E-state index contributed by atoms with van der Waals surface area (Å²) in [5.74, 6) is 0.554. The minimum absolute atomic E-state index is 0.156. The average Bonchev–Trinajstić information content (AvgIpc) is 2.55. The Labute approximate surface area is 131 Å². The number of ether oxygens (including phenoxy) is 1. The molecule has 1 aliphatic rings. The van der Waals surface area contributed by atoms with E-state index in [-0.39, 0.29) is 5.91 Å². The van der Waals surface area contributed by atoms with E-state index in [0.29, 0.717) is 30.4 Å². The summed E-state index contributed by atoms with van der Waals surface area (Å²) in [4.78, 5) is 25.5.